The lowest BCUT2D eigenvalue weighted by molar-refractivity contribution is 0.463. The molecule has 0 saturated heterocycles. The van der Waals surface area contributed by atoms with Gasteiger partial charge in [0.15, 0.2) is 0 Å². The van der Waals surface area contributed by atoms with Crippen LogP contribution in [0.1, 0.15) is 31.4 Å². The molecule has 0 aliphatic rings. The molecule has 0 fully saturated rings. The van der Waals surface area contributed by atoms with Crippen molar-refractivity contribution in [2.24, 2.45) is 11.5 Å². The highest BCUT2D eigenvalue weighted by Crippen LogP contribution is 2.21. The van der Waals surface area contributed by atoms with Gasteiger partial charge < -0.3 is 16.6 Å². The third-order valence-electron chi connectivity index (χ3n) is 2.71. The number of phenolic OH excluding ortho intramolecular Hbond substituents is 1. The molecule has 0 aliphatic heterocycles. The smallest absolute Gasteiger partial charge is 0.118 e. The lowest BCUT2D eigenvalue weighted by atomic mass is 9.99. The summed E-state index contributed by atoms with van der Waals surface area (Å²) < 4.78 is 0. The van der Waals surface area contributed by atoms with E-state index < -0.39 is 0 Å². The lowest BCUT2D eigenvalue weighted by Gasteiger charge is -2.12. The first-order chi connectivity index (χ1) is 7.52. The number of aromatic hydroxyl groups is 1. The molecule has 0 aliphatic carbocycles. The van der Waals surface area contributed by atoms with Crippen LogP contribution in [0.25, 0.3) is 0 Å². The summed E-state index contributed by atoms with van der Waals surface area (Å²) in [5.74, 6) is 0.331. The van der Waals surface area contributed by atoms with E-state index in [1.807, 2.05) is 26.0 Å². The minimum atomic E-state index is 0.108. The molecule has 16 heavy (non-hydrogen) atoms. The van der Waals surface area contributed by atoms with Gasteiger partial charge in [-0.3, -0.25) is 0 Å². The monoisotopic (exact) mass is 222 g/mol. The van der Waals surface area contributed by atoms with Crippen LogP contribution in [0.2, 0.25) is 0 Å². The maximum atomic E-state index is 9.73. The number of rotatable bonds is 5. The molecule has 0 heterocycles. The summed E-state index contributed by atoms with van der Waals surface area (Å²) in [5.41, 5.74) is 13.7. The Bertz CT molecular complexity index is 337. The first-order valence-electron chi connectivity index (χ1n) is 5.84. The highest BCUT2D eigenvalue weighted by Gasteiger charge is 2.08. The molecule has 3 nitrogen and oxygen atoms in total. The molecule has 0 amide bonds. The van der Waals surface area contributed by atoms with Crippen molar-refractivity contribution in [1.82, 2.24) is 0 Å². The van der Waals surface area contributed by atoms with E-state index >= 15 is 0 Å². The third kappa shape index (κ3) is 3.83. The summed E-state index contributed by atoms with van der Waals surface area (Å²) in [7, 11) is 0. The third-order valence-corrected chi connectivity index (χ3v) is 2.71. The van der Waals surface area contributed by atoms with E-state index in [0.29, 0.717) is 5.75 Å². The molecule has 0 bridgehead atoms. The molecule has 0 saturated carbocycles. The molecule has 0 aromatic heterocycles. The van der Waals surface area contributed by atoms with Gasteiger partial charge in [-0.2, -0.15) is 0 Å². The van der Waals surface area contributed by atoms with Crippen molar-refractivity contribution in [3.05, 3.63) is 29.3 Å². The van der Waals surface area contributed by atoms with E-state index in [0.717, 1.165) is 30.4 Å². The van der Waals surface area contributed by atoms with Gasteiger partial charge in [-0.1, -0.05) is 19.1 Å². The van der Waals surface area contributed by atoms with Crippen molar-refractivity contribution in [3.8, 4) is 5.75 Å². The summed E-state index contributed by atoms with van der Waals surface area (Å²) in [5, 5.41) is 9.73. The molecule has 3 heteroatoms. The Balaban J connectivity index is 2.81. The number of benzene rings is 1. The molecule has 1 aromatic carbocycles. The van der Waals surface area contributed by atoms with Gasteiger partial charge in [0.1, 0.15) is 5.75 Å². The summed E-state index contributed by atoms with van der Waals surface area (Å²) in [6, 6.07) is 5.90. The summed E-state index contributed by atoms with van der Waals surface area (Å²) in [6.45, 7) is 4.03. The minimum absolute atomic E-state index is 0.108. The van der Waals surface area contributed by atoms with E-state index in [9.17, 15) is 5.11 Å². The van der Waals surface area contributed by atoms with Crippen molar-refractivity contribution >= 4 is 0 Å². The first kappa shape index (κ1) is 13.0. The fourth-order valence-electron chi connectivity index (χ4n) is 1.73. The van der Waals surface area contributed by atoms with Crippen LogP contribution >= 0.6 is 0 Å². The van der Waals surface area contributed by atoms with Crippen LogP contribution in [-0.4, -0.2) is 17.2 Å². The number of nitrogens with two attached hydrogens (primary N) is 2. The van der Waals surface area contributed by atoms with Crippen LogP contribution in [0.5, 0.6) is 5.75 Å². The molecular formula is C13H22N2O. The van der Waals surface area contributed by atoms with Crippen LogP contribution in [0.4, 0.5) is 0 Å². The van der Waals surface area contributed by atoms with Gasteiger partial charge >= 0.3 is 0 Å². The fraction of sp³-hybridized carbons (Fsp3) is 0.538. The highest BCUT2D eigenvalue weighted by atomic mass is 16.3. The summed E-state index contributed by atoms with van der Waals surface area (Å²) >= 11 is 0. The van der Waals surface area contributed by atoms with Gasteiger partial charge in [-0.15, -0.1) is 0 Å². The SMILES string of the molecule is CCC(N)Cc1cc(CC(C)N)ccc1O. The molecular weight excluding hydrogens is 200 g/mol. The zero-order chi connectivity index (χ0) is 12.1. The highest BCUT2D eigenvalue weighted by molar-refractivity contribution is 5.37. The predicted molar refractivity (Wildman–Crippen MR) is 67.4 cm³/mol. The van der Waals surface area contributed by atoms with Gasteiger partial charge in [-0.05, 0) is 43.4 Å². The maximum absolute atomic E-state index is 9.73. The van der Waals surface area contributed by atoms with Gasteiger partial charge in [-0.25, -0.2) is 0 Å². The van der Waals surface area contributed by atoms with Gasteiger partial charge in [0.05, 0.1) is 0 Å². The van der Waals surface area contributed by atoms with E-state index in [1.54, 1.807) is 6.07 Å². The fourth-order valence-corrected chi connectivity index (χ4v) is 1.73. The molecule has 0 spiro atoms. The Labute approximate surface area is 97.5 Å². The van der Waals surface area contributed by atoms with Crippen LogP contribution in [0, 0.1) is 0 Å². The normalized spacial score (nSPS) is 14.8. The van der Waals surface area contributed by atoms with Gasteiger partial charge in [0.25, 0.3) is 0 Å². The average molecular weight is 222 g/mol. The molecule has 2 atom stereocenters. The Morgan fingerprint density at radius 2 is 1.94 bits per heavy atom. The van der Waals surface area contributed by atoms with Crippen molar-refractivity contribution in [1.29, 1.82) is 0 Å². The van der Waals surface area contributed by atoms with Crippen molar-refractivity contribution in [2.75, 3.05) is 0 Å². The lowest BCUT2D eigenvalue weighted by Crippen LogP contribution is -2.22. The van der Waals surface area contributed by atoms with E-state index in [4.69, 9.17) is 11.5 Å². The zero-order valence-electron chi connectivity index (χ0n) is 10.1. The second-order valence-electron chi connectivity index (χ2n) is 4.52. The molecule has 0 radical (unpaired) electrons. The molecule has 5 N–H and O–H groups in total. The quantitative estimate of drug-likeness (QED) is 0.708. The number of hydrogen-bond donors (Lipinski definition) is 3. The molecule has 1 rings (SSSR count). The molecule has 1 aromatic rings. The Morgan fingerprint density at radius 3 is 2.50 bits per heavy atom. The van der Waals surface area contributed by atoms with Crippen LogP contribution in [0.15, 0.2) is 18.2 Å². The van der Waals surface area contributed by atoms with Crippen molar-refractivity contribution in [3.63, 3.8) is 0 Å². The largest absolute Gasteiger partial charge is 0.508 e. The first-order valence-corrected chi connectivity index (χ1v) is 5.84. The maximum Gasteiger partial charge on any atom is 0.118 e. The Hall–Kier alpha value is -1.06. The minimum Gasteiger partial charge on any atom is -0.508 e. The Kier molecular flexibility index (Phi) is 4.77. The Morgan fingerprint density at radius 1 is 1.25 bits per heavy atom. The molecule has 90 valence electrons. The predicted octanol–water partition coefficient (Wildman–Crippen LogP) is 1.56. The van der Waals surface area contributed by atoms with Crippen LogP contribution in [0.3, 0.4) is 0 Å². The zero-order valence-corrected chi connectivity index (χ0v) is 10.1. The van der Waals surface area contributed by atoms with Crippen LogP contribution < -0.4 is 11.5 Å². The molecule has 2 unspecified atom stereocenters. The summed E-state index contributed by atoms with van der Waals surface area (Å²) in [4.78, 5) is 0. The second-order valence-corrected chi connectivity index (χ2v) is 4.52. The van der Waals surface area contributed by atoms with Gasteiger partial charge in [0.2, 0.25) is 0 Å². The van der Waals surface area contributed by atoms with E-state index in [1.165, 1.54) is 0 Å². The van der Waals surface area contributed by atoms with Crippen molar-refractivity contribution in [2.45, 2.75) is 45.2 Å². The van der Waals surface area contributed by atoms with E-state index in [2.05, 4.69) is 0 Å². The van der Waals surface area contributed by atoms with Gasteiger partial charge in [0, 0.05) is 12.1 Å². The average Bonchev–Trinajstić information content (AvgIpc) is 2.22. The standard InChI is InChI=1S/C13H22N2O/c1-3-12(15)8-11-7-10(6-9(2)14)4-5-13(11)16/h4-5,7,9,12,16H,3,6,8,14-15H2,1-2H3. The van der Waals surface area contributed by atoms with E-state index in [-0.39, 0.29) is 12.1 Å². The number of hydrogen-bond acceptors (Lipinski definition) is 3. The topological polar surface area (TPSA) is 72.3 Å². The summed E-state index contributed by atoms with van der Waals surface area (Å²) in [6.07, 6.45) is 2.46. The van der Waals surface area contributed by atoms with Crippen molar-refractivity contribution < 1.29 is 5.11 Å². The second kappa shape index (κ2) is 5.87. The number of phenols is 1. The van der Waals surface area contributed by atoms with Crippen LogP contribution in [-0.2, 0) is 12.8 Å².